The number of hydrogen-bond donors (Lipinski definition) is 1. The Morgan fingerprint density at radius 2 is 1.85 bits per heavy atom. The molecule has 3 rings (SSSR count). The standard InChI is InChI=1S/C20H29N5O.ClH/c1-14(2)19(16-8-6-5-7-9-16)24(4)20(26)18-15(3)25(23-22-18)17-10-12-21-13-11-17;/h5-9,14,17,19,21H,10-13H2,1-4H3;1H. The van der Waals surface area contributed by atoms with E-state index in [4.69, 9.17) is 0 Å². The number of aromatic nitrogens is 3. The molecular weight excluding hydrogens is 362 g/mol. The summed E-state index contributed by atoms with van der Waals surface area (Å²) in [5.41, 5.74) is 2.47. The van der Waals surface area contributed by atoms with Gasteiger partial charge in [0.2, 0.25) is 0 Å². The maximum absolute atomic E-state index is 13.2. The van der Waals surface area contributed by atoms with Crippen molar-refractivity contribution in [3.8, 4) is 0 Å². The normalized spacial score (nSPS) is 16.0. The molecule has 2 heterocycles. The Hall–Kier alpha value is -1.92. The van der Waals surface area contributed by atoms with Gasteiger partial charge in [-0.2, -0.15) is 0 Å². The van der Waals surface area contributed by atoms with E-state index in [-0.39, 0.29) is 24.4 Å². The van der Waals surface area contributed by atoms with E-state index in [1.54, 1.807) is 0 Å². The molecule has 2 aromatic rings. The average molecular weight is 392 g/mol. The Balaban J connectivity index is 0.00000261. The highest BCUT2D eigenvalue weighted by atomic mass is 35.5. The van der Waals surface area contributed by atoms with Gasteiger partial charge in [-0.3, -0.25) is 4.79 Å². The molecule has 1 aliphatic heterocycles. The zero-order valence-corrected chi connectivity index (χ0v) is 17.4. The summed E-state index contributed by atoms with van der Waals surface area (Å²) in [5, 5.41) is 11.9. The second-order valence-electron chi connectivity index (χ2n) is 7.46. The van der Waals surface area contributed by atoms with Crippen LogP contribution in [-0.2, 0) is 0 Å². The SMILES string of the molecule is Cc1c(C(=O)N(C)C(c2ccccc2)C(C)C)nnn1C1CCNCC1.Cl. The third-order valence-corrected chi connectivity index (χ3v) is 5.29. The van der Waals surface area contributed by atoms with Crippen molar-refractivity contribution in [3.05, 3.63) is 47.3 Å². The van der Waals surface area contributed by atoms with Crippen molar-refractivity contribution in [2.24, 2.45) is 5.92 Å². The quantitative estimate of drug-likeness (QED) is 0.848. The molecule has 6 nitrogen and oxygen atoms in total. The molecule has 1 saturated heterocycles. The summed E-state index contributed by atoms with van der Waals surface area (Å²) in [5.74, 6) is 0.233. The molecule has 7 heteroatoms. The van der Waals surface area contributed by atoms with Gasteiger partial charge >= 0.3 is 0 Å². The summed E-state index contributed by atoms with van der Waals surface area (Å²) in [6, 6.07) is 10.5. The van der Waals surface area contributed by atoms with Crippen molar-refractivity contribution < 1.29 is 4.79 Å². The van der Waals surface area contributed by atoms with Crippen LogP contribution >= 0.6 is 12.4 Å². The highest BCUT2D eigenvalue weighted by Gasteiger charge is 2.30. The van der Waals surface area contributed by atoms with Gasteiger partial charge < -0.3 is 10.2 Å². The number of hydrogen-bond acceptors (Lipinski definition) is 4. The lowest BCUT2D eigenvalue weighted by Gasteiger charge is -2.31. The van der Waals surface area contributed by atoms with Crippen LogP contribution in [0.3, 0.4) is 0 Å². The van der Waals surface area contributed by atoms with Crippen molar-refractivity contribution >= 4 is 18.3 Å². The van der Waals surface area contributed by atoms with Gasteiger partial charge in [-0.15, -0.1) is 17.5 Å². The number of nitrogens with zero attached hydrogens (tertiary/aromatic N) is 4. The molecule has 1 fully saturated rings. The van der Waals surface area contributed by atoms with Gasteiger partial charge in [0.1, 0.15) is 0 Å². The van der Waals surface area contributed by atoms with Gasteiger partial charge in [0.05, 0.1) is 17.8 Å². The first-order valence-corrected chi connectivity index (χ1v) is 9.45. The largest absolute Gasteiger partial charge is 0.333 e. The average Bonchev–Trinajstić information content (AvgIpc) is 3.04. The van der Waals surface area contributed by atoms with Crippen LogP contribution in [0.15, 0.2) is 30.3 Å². The lowest BCUT2D eigenvalue weighted by Crippen LogP contribution is -2.35. The van der Waals surface area contributed by atoms with E-state index in [1.807, 2.05) is 41.8 Å². The molecule has 148 valence electrons. The van der Waals surface area contributed by atoms with Crippen molar-refractivity contribution in [1.82, 2.24) is 25.2 Å². The number of amides is 1. The second-order valence-corrected chi connectivity index (χ2v) is 7.46. The number of carbonyl (C=O) groups is 1. The maximum atomic E-state index is 13.2. The second kappa shape index (κ2) is 9.33. The fraction of sp³-hybridized carbons (Fsp3) is 0.550. The topological polar surface area (TPSA) is 63.1 Å². The molecule has 1 unspecified atom stereocenters. The summed E-state index contributed by atoms with van der Waals surface area (Å²) >= 11 is 0. The fourth-order valence-corrected chi connectivity index (χ4v) is 3.94. The summed E-state index contributed by atoms with van der Waals surface area (Å²) < 4.78 is 1.94. The Morgan fingerprint density at radius 3 is 2.44 bits per heavy atom. The number of piperidine rings is 1. The van der Waals surface area contributed by atoms with Crippen molar-refractivity contribution in [1.29, 1.82) is 0 Å². The van der Waals surface area contributed by atoms with Gasteiger partial charge in [0.15, 0.2) is 5.69 Å². The molecule has 0 spiro atoms. The molecule has 1 aromatic carbocycles. The van der Waals surface area contributed by atoms with Crippen LogP contribution in [-0.4, -0.2) is 45.9 Å². The highest BCUT2D eigenvalue weighted by Crippen LogP contribution is 2.29. The van der Waals surface area contributed by atoms with Gasteiger partial charge in [-0.25, -0.2) is 4.68 Å². The van der Waals surface area contributed by atoms with E-state index >= 15 is 0 Å². The van der Waals surface area contributed by atoms with Crippen molar-refractivity contribution in [3.63, 3.8) is 0 Å². The van der Waals surface area contributed by atoms with Crippen LogP contribution in [0.5, 0.6) is 0 Å². The summed E-state index contributed by atoms with van der Waals surface area (Å²) in [4.78, 5) is 15.0. The van der Waals surface area contributed by atoms with E-state index in [0.29, 0.717) is 17.7 Å². The first-order chi connectivity index (χ1) is 12.5. The van der Waals surface area contributed by atoms with Crippen molar-refractivity contribution in [2.75, 3.05) is 20.1 Å². The predicted octanol–water partition coefficient (Wildman–Crippen LogP) is 3.40. The van der Waals surface area contributed by atoms with Gasteiger partial charge in [-0.05, 0) is 44.3 Å². The Morgan fingerprint density at radius 1 is 1.22 bits per heavy atom. The highest BCUT2D eigenvalue weighted by molar-refractivity contribution is 5.93. The lowest BCUT2D eigenvalue weighted by molar-refractivity contribution is 0.0680. The van der Waals surface area contributed by atoms with Crippen molar-refractivity contribution in [2.45, 2.75) is 45.7 Å². The number of rotatable bonds is 5. The zero-order chi connectivity index (χ0) is 18.7. The Kier molecular flexibility index (Phi) is 7.39. The predicted molar refractivity (Wildman–Crippen MR) is 109 cm³/mol. The first-order valence-electron chi connectivity index (χ1n) is 9.45. The number of nitrogens with one attached hydrogen (secondary N) is 1. The molecule has 1 N–H and O–H groups in total. The molecule has 0 saturated carbocycles. The maximum Gasteiger partial charge on any atom is 0.276 e. The molecule has 0 bridgehead atoms. The monoisotopic (exact) mass is 391 g/mol. The Bertz CT molecular complexity index is 740. The van der Waals surface area contributed by atoms with Crippen LogP contribution in [0, 0.1) is 12.8 Å². The molecule has 1 amide bonds. The minimum absolute atomic E-state index is 0. The van der Waals surface area contributed by atoms with E-state index in [0.717, 1.165) is 37.2 Å². The fourth-order valence-electron chi connectivity index (χ4n) is 3.94. The molecule has 1 atom stereocenters. The van der Waals surface area contributed by atoms with E-state index in [2.05, 4.69) is 41.6 Å². The molecule has 1 aromatic heterocycles. The molecular formula is C20H30ClN5O. The minimum atomic E-state index is -0.0646. The third-order valence-electron chi connectivity index (χ3n) is 5.29. The summed E-state index contributed by atoms with van der Waals surface area (Å²) in [7, 11) is 1.86. The molecule has 0 aliphatic carbocycles. The Labute approximate surface area is 167 Å². The van der Waals surface area contributed by atoms with Crippen LogP contribution in [0.1, 0.15) is 60.5 Å². The van der Waals surface area contributed by atoms with Crippen LogP contribution in [0.25, 0.3) is 0 Å². The molecule has 0 radical (unpaired) electrons. The lowest BCUT2D eigenvalue weighted by atomic mass is 9.94. The third kappa shape index (κ3) is 4.50. The smallest absolute Gasteiger partial charge is 0.276 e. The van der Waals surface area contributed by atoms with Crippen LogP contribution in [0.2, 0.25) is 0 Å². The molecule has 1 aliphatic rings. The summed E-state index contributed by atoms with van der Waals surface area (Å²) in [6.45, 7) is 8.20. The zero-order valence-electron chi connectivity index (χ0n) is 16.6. The van der Waals surface area contributed by atoms with Gasteiger partial charge in [0, 0.05) is 7.05 Å². The van der Waals surface area contributed by atoms with Gasteiger partial charge in [0.25, 0.3) is 5.91 Å². The molecule has 27 heavy (non-hydrogen) atoms. The number of carbonyl (C=O) groups excluding carboxylic acids is 1. The van der Waals surface area contributed by atoms with E-state index in [9.17, 15) is 4.79 Å². The van der Waals surface area contributed by atoms with Crippen LogP contribution < -0.4 is 5.32 Å². The number of halogens is 1. The first kappa shape index (κ1) is 21.4. The van der Waals surface area contributed by atoms with E-state index < -0.39 is 0 Å². The van der Waals surface area contributed by atoms with Gasteiger partial charge in [-0.1, -0.05) is 49.4 Å². The minimum Gasteiger partial charge on any atom is -0.333 e. The summed E-state index contributed by atoms with van der Waals surface area (Å²) in [6.07, 6.45) is 2.04. The van der Waals surface area contributed by atoms with E-state index in [1.165, 1.54) is 0 Å². The van der Waals surface area contributed by atoms with Crippen LogP contribution in [0.4, 0.5) is 0 Å². The number of benzene rings is 1.